The van der Waals surface area contributed by atoms with Gasteiger partial charge in [0.15, 0.2) is 0 Å². The summed E-state index contributed by atoms with van der Waals surface area (Å²) in [5.41, 5.74) is -1.95. The standard InChI is InChI=1S/C27H31N3O7S/c1-7-35-18-11-9-8-10-17(18)19(37-15(2)3)14-29-24-20(16(4)21(38-24)22-28-12-13-36-22)23(31)30(26(29)34)27(5,6)25(32)33/h8-13,15,19H,7,14H2,1-6H3,(H,32,33). The second kappa shape index (κ2) is 10.6. The topological polar surface area (TPSA) is 126 Å². The number of carbonyl (C=O) groups is 1. The molecule has 0 spiro atoms. The summed E-state index contributed by atoms with van der Waals surface area (Å²) in [7, 11) is 0. The summed E-state index contributed by atoms with van der Waals surface area (Å²) < 4.78 is 19.8. The number of para-hydroxylation sites is 1. The van der Waals surface area contributed by atoms with Crippen LogP contribution in [0.3, 0.4) is 0 Å². The number of thiophene rings is 1. The first kappa shape index (κ1) is 27.3. The van der Waals surface area contributed by atoms with Crippen LogP contribution in [0.5, 0.6) is 5.75 Å². The van der Waals surface area contributed by atoms with Gasteiger partial charge in [-0.15, -0.1) is 11.3 Å². The maximum atomic E-state index is 14.0. The Labute approximate surface area is 223 Å². The highest BCUT2D eigenvalue weighted by molar-refractivity contribution is 7.22. The summed E-state index contributed by atoms with van der Waals surface area (Å²) in [5.74, 6) is -0.380. The first-order valence-electron chi connectivity index (χ1n) is 12.3. The van der Waals surface area contributed by atoms with Gasteiger partial charge in [0.1, 0.15) is 28.5 Å². The van der Waals surface area contributed by atoms with Crippen molar-refractivity contribution in [2.24, 2.45) is 0 Å². The van der Waals surface area contributed by atoms with E-state index in [2.05, 4.69) is 4.98 Å². The Morgan fingerprint density at radius 2 is 1.95 bits per heavy atom. The molecule has 1 unspecified atom stereocenters. The average Bonchev–Trinajstić information content (AvgIpc) is 3.49. The van der Waals surface area contributed by atoms with Crippen molar-refractivity contribution >= 4 is 27.5 Å². The van der Waals surface area contributed by atoms with Gasteiger partial charge in [-0.3, -0.25) is 9.36 Å². The Hall–Kier alpha value is -3.70. The highest BCUT2D eigenvalue weighted by Gasteiger charge is 2.36. The van der Waals surface area contributed by atoms with Crippen LogP contribution in [0.1, 0.15) is 51.8 Å². The summed E-state index contributed by atoms with van der Waals surface area (Å²) in [6, 6.07) is 7.41. The molecule has 1 atom stereocenters. The molecule has 202 valence electrons. The number of fused-ring (bicyclic) bond motifs is 1. The molecule has 0 aliphatic rings. The van der Waals surface area contributed by atoms with Crippen molar-refractivity contribution < 1.29 is 23.8 Å². The Morgan fingerprint density at radius 1 is 1.24 bits per heavy atom. The van der Waals surface area contributed by atoms with E-state index in [0.29, 0.717) is 33.5 Å². The maximum absolute atomic E-state index is 14.0. The molecule has 11 heteroatoms. The molecule has 4 rings (SSSR count). The van der Waals surface area contributed by atoms with Crippen LogP contribution in [0.4, 0.5) is 0 Å². The molecule has 3 aromatic heterocycles. The van der Waals surface area contributed by atoms with Crippen molar-refractivity contribution in [3.05, 3.63) is 68.7 Å². The molecular formula is C27H31N3O7S. The highest BCUT2D eigenvalue weighted by atomic mass is 32.1. The predicted molar refractivity (Wildman–Crippen MR) is 144 cm³/mol. The number of aromatic nitrogens is 3. The molecule has 1 aromatic carbocycles. The van der Waals surface area contributed by atoms with Crippen molar-refractivity contribution in [1.29, 1.82) is 0 Å². The molecule has 0 saturated carbocycles. The van der Waals surface area contributed by atoms with Crippen molar-refractivity contribution in [2.75, 3.05) is 6.61 Å². The van der Waals surface area contributed by atoms with Crippen molar-refractivity contribution in [2.45, 2.75) is 65.8 Å². The molecule has 0 aliphatic carbocycles. The van der Waals surface area contributed by atoms with E-state index in [0.717, 1.165) is 10.1 Å². The quantitative estimate of drug-likeness (QED) is 0.309. The number of carboxylic acids is 1. The van der Waals surface area contributed by atoms with Crippen LogP contribution < -0.4 is 16.0 Å². The van der Waals surface area contributed by atoms with E-state index in [9.17, 15) is 19.5 Å². The first-order valence-corrected chi connectivity index (χ1v) is 13.1. The monoisotopic (exact) mass is 541 g/mol. The summed E-state index contributed by atoms with van der Waals surface area (Å²) in [6.07, 6.45) is 2.09. The van der Waals surface area contributed by atoms with Gasteiger partial charge in [-0.25, -0.2) is 19.1 Å². The van der Waals surface area contributed by atoms with Crippen LogP contribution in [0.2, 0.25) is 0 Å². The molecular weight excluding hydrogens is 510 g/mol. The van der Waals surface area contributed by atoms with Crippen LogP contribution in [-0.2, 0) is 21.6 Å². The Kier molecular flexibility index (Phi) is 7.61. The number of benzene rings is 1. The lowest BCUT2D eigenvalue weighted by molar-refractivity contribution is -0.146. The van der Waals surface area contributed by atoms with Crippen molar-refractivity contribution in [1.82, 2.24) is 14.1 Å². The van der Waals surface area contributed by atoms with Gasteiger partial charge < -0.3 is 19.0 Å². The Balaban J connectivity index is 2.04. The van der Waals surface area contributed by atoms with Gasteiger partial charge in [0.05, 0.1) is 35.7 Å². The third-order valence-corrected chi connectivity index (χ3v) is 7.57. The zero-order valence-electron chi connectivity index (χ0n) is 22.2. The van der Waals surface area contributed by atoms with E-state index < -0.39 is 28.9 Å². The SMILES string of the molecule is CCOc1ccccc1C(Cn1c(=O)n(C(C)(C)C(=O)O)c(=O)c2c(C)c(-c3ncco3)sc21)OC(C)C. The van der Waals surface area contributed by atoms with Crippen LogP contribution >= 0.6 is 11.3 Å². The van der Waals surface area contributed by atoms with E-state index in [1.165, 1.54) is 42.2 Å². The smallest absolute Gasteiger partial charge is 0.333 e. The molecule has 0 radical (unpaired) electrons. The molecule has 4 aromatic rings. The third-order valence-electron chi connectivity index (χ3n) is 6.27. The summed E-state index contributed by atoms with van der Waals surface area (Å²) in [5, 5.41) is 10.2. The molecule has 0 bridgehead atoms. The van der Waals surface area contributed by atoms with E-state index >= 15 is 0 Å². The zero-order valence-corrected chi connectivity index (χ0v) is 23.0. The summed E-state index contributed by atoms with van der Waals surface area (Å²) >= 11 is 1.19. The second-order valence-corrected chi connectivity index (χ2v) is 10.6. The van der Waals surface area contributed by atoms with Crippen molar-refractivity contribution in [3.63, 3.8) is 0 Å². The maximum Gasteiger partial charge on any atom is 0.333 e. The van der Waals surface area contributed by atoms with Crippen LogP contribution in [0.15, 0.2) is 50.7 Å². The minimum atomic E-state index is -1.81. The number of hydrogen-bond acceptors (Lipinski definition) is 8. The molecule has 0 saturated heterocycles. The molecule has 0 aliphatic heterocycles. The van der Waals surface area contributed by atoms with Gasteiger partial charge in [0, 0.05) is 5.56 Å². The number of rotatable bonds is 10. The normalized spacial score (nSPS) is 12.8. The fraction of sp³-hybridized carbons (Fsp3) is 0.407. The highest BCUT2D eigenvalue weighted by Crippen LogP contribution is 2.37. The van der Waals surface area contributed by atoms with E-state index in [1.807, 2.05) is 45.0 Å². The van der Waals surface area contributed by atoms with Crippen LogP contribution in [-0.4, -0.2) is 37.9 Å². The molecule has 3 heterocycles. The largest absolute Gasteiger partial charge is 0.493 e. The van der Waals surface area contributed by atoms with Gasteiger partial charge in [-0.05, 0) is 53.2 Å². The number of hydrogen-bond donors (Lipinski definition) is 1. The van der Waals surface area contributed by atoms with Gasteiger partial charge in [-0.2, -0.15) is 0 Å². The molecule has 1 N–H and O–H groups in total. The number of oxazole rings is 1. The lowest BCUT2D eigenvalue weighted by atomic mass is 10.1. The zero-order chi connectivity index (χ0) is 27.8. The first-order chi connectivity index (χ1) is 18.0. The molecule has 0 amide bonds. The summed E-state index contributed by atoms with van der Waals surface area (Å²) in [4.78, 5) is 45.1. The van der Waals surface area contributed by atoms with Gasteiger partial charge >= 0.3 is 11.7 Å². The van der Waals surface area contributed by atoms with Gasteiger partial charge in [0.25, 0.3) is 5.56 Å². The number of nitrogens with zero attached hydrogens (tertiary/aromatic N) is 3. The Bertz CT molecular complexity index is 1580. The van der Waals surface area contributed by atoms with Crippen LogP contribution in [0, 0.1) is 6.92 Å². The van der Waals surface area contributed by atoms with Crippen LogP contribution in [0.25, 0.3) is 21.0 Å². The predicted octanol–water partition coefficient (Wildman–Crippen LogP) is 4.57. The lowest BCUT2D eigenvalue weighted by Crippen LogP contribution is -2.52. The molecule has 10 nitrogen and oxygen atoms in total. The number of ether oxygens (including phenoxy) is 2. The number of aliphatic carboxylic acids is 1. The molecule has 0 fully saturated rings. The minimum absolute atomic E-state index is 0.0125. The van der Waals surface area contributed by atoms with Gasteiger partial charge in [0.2, 0.25) is 5.89 Å². The van der Waals surface area contributed by atoms with E-state index in [1.54, 1.807) is 6.92 Å². The second-order valence-electron chi connectivity index (χ2n) is 9.62. The average molecular weight is 542 g/mol. The van der Waals surface area contributed by atoms with Crippen molar-refractivity contribution in [3.8, 4) is 16.5 Å². The lowest BCUT2D eigenvalue weighted by Gasteiger charge is -2.26. The third kappa shape index (κ3) is 4.79. The number of carboxylic acid groups (broad SMARTS) is 1. The van der Waals surface area contributed by atoms with E-state index in [-0.39, 0.29) is 18.0 Å². The molecule has 38 heavy (non-hydrogen) atoms. The fourth-order valence-electron chi connectivity index (χ4n) is 4.38. The Morgan fingerprint density at radius 3 is 2.55 bits per heavy atom. The minimum Gasteiger partial charge on any atom is -0.493 e. The van der Waals surface area contributed by atoms with Gasteiger partial charge in [-0.1, -0.05) is 18.2 Å². The summed E-state index contributed by atoms with van der Waals surface area (Å²) in [6.45, 7) is 10.5. The van der Waals surface area contributed by atoms with E-state index in [4.69, 9.17) is 13.9 Å². The fourth-order valence-corrected chi connectivity index (χ4v) is 5.62. The number of aryl methyl sites for hydroxylation is 1.